The van der Waals surface area contributed by atoms with E-state index in [1.807, 2.05) is 0 Å². The number of rotatable bonds is 2. The molecule has 5 heterocycles. The maximum Gasteiger partial charge on any atom is 0.180 e. The number of thiol groups is 1. The number of hydrogen-bond acceptors (Lipinski definition) is 2. The molecule has 1 N–H and O–H groups in total. The van der Waals surface area contributed by atoms with Gasteiger partial charge in [0.25, 0.3) is 0 Å². The third-order valence-electron chi connectivity index (χ3n) is 7.85. The molecule has 0 saturated carbocycles. The number of aliphatic hydroxyl groups is 2. The molecule has 0 spiro atoms. The molecule has 5 rings (SSSR count). The second kappa shape index (κ2) is 8.45. The molecule has 3 nitrogen and oxygen atoms in total. The van der Waals surface area contributed by atoms with Crippen molar-refractivity contribution in [2.75, 3.05) is 0 Å². The molecule has 5 aliphatic heterocycles. The van der Waals surface area contributed by atoms with Crippen LogP contribution < -0.4 is 0 Å². The molecule has 0 aromatic rings. The minimum absolute atomic E-state index is 0.348. The highest BCUT2D eigenvalue weighted by Crippen LogP contribution is 2.39. The molecule has 5 aliphatic rings. The molecule has 0 radical (unpaired) electrons. The topological polar surface area (TPSA) is 31.3 Å². The maximum absolute atomic E-state index is 6.62. The Balaban J connectivity index is 1.35. The van der Waals surface area contributed by atoms with E-state index in [0.29, 0.717) is 59.0 Å². The van der Waals surface area contributed by atoms with Crippen molar-refractivity contribution in [1.29, 1.82) is 0 Å². The minimum Gasteiger partial charge on any atom is -0.423 e. The standard InChI is InChI=1S/C24H36O3S/c1-3-19-21-9-5-15(25-21)13-16-6-11-23(26-16)20(4-2)24-12-8-18(28-24)14-17-7-10-22(19)27-17/h5,8-9,12,15-24H,3-4,6-7,10-11,13-14H2,1-2H3/p+2. The summed E-state index contributed by atoms with van der Waals surface area (Å²) >= 11 is 1.60. The summed E-state index contributed by atoms with van der Waals surface area (Å²) in [5.74, 6) is 1.22. The smallest absolute Gasteiger partial charge is 0.180 e. The molecule has 3 fully saturated rings. The molecule has 4 heteroatoms. The van der Waals surface area contributed by atoms with Gasteiger partial charge in [0, 0.05) is 18.8 Å². The molecule has 0 amide bonds. The molecule has 3 saturated heterocycles. The van der Waals surface area contributed by atoms with E-state index in [4.69, 9.17) is 14.2 Å². The zero-order chi connectivity index (χ0) is 19.1. The van der Waals surface area contributed by atoms with E-state index < -0.39 is 0 Å². The van der Waals surface area contributed by atoms with Gasteiger partial charge in [-0.25, -0.2) is 0 Å². The zero-order valence-electron chi connectivity index (χ0n) is 17.5. The molecule has 0 aromatic heterocycles. The zero-order valence-corrected chi connectivity index (χ0v) is 18.3. The van der Waals surface area contributed by atoms with E-state index >= 15 is 0 Å². The fraction of sp³-hybridized carbons (Fsp3) is 0.833. The van der Waals surface area contributed by atoms with Gasteiger partial charge in [-0.2, -0.15) is 0 Å². The Morgan fingerprint density at radius 1 is 0.821 bits per heavy atom. The molecular weight excluding hydrogens is 368 g/mol. The van der Waals surface area contributed by atoms with Gasteiger partial charge in [0.2, 0.25) is 0 Å². The summed E-state index contributed by atoms with van der Waals surface area (Å²) in [6, 6.07) is 0. The summed E-state index contributed by atoms with van der Waals surface area (Å²) < 4.78 is 18.4. The summed E-state index contributed by atoms with van der Waals surface area (Å²) in [6.45, 7) is 4.67. The summed E-state index contributed by atoms with van der Waals surface area (Å²) in [4.78, 5) is 0. The van der Waals surface area contributed by atoms with Crippen molar-refractivity contribution in [1.82, 2.24) is 0 Å². The molecule has 0 aromatic carbocycles. The van der Waals surface area contributed by atoms with Gasteiger partial charge in [0.1, 0.15) is 10.5 Å². The Labute approximate surface area is 174 Å². The van der Waals surface area contributed by atoms with Crippen LogP contribution in [0, 0.1) is 11.8 Å². The van der Waals surface area contributed by atoms with Crippen LogP contribution in [-0.4, -0.2) is 51.9 Å². The van der Waals surface area contributed by atoms with Crippen LogP contribution in [-0.2, 0) is 21.2 Å². The summed E-state index contributed by atoms with van der Waals surface area (Å²) in [6.07, 6.45) is 21.7. The van der Waals surface area contributed by atoms with Crippen LogP contribution in [0.5, 0.6) is 0 Å². The van der Waals surface area contributed by atoms with Gasteiger partial charge < -0.3 is 14.2 Å². The van der Waals surface area contributed by atoms with Crippen LogP contribution in [0.25, 0.3) is 0 Å². The summed E-state index contributed by atoms with van der Waals surface area (Å²) in [5.41, 5.74) is 0. The normalized spacial score (nSPS) is 50.5. The lowest BCUT2D eigenvalue weighted by atomic mass is 9.91. The molecule has 10 unspecified atom stereocenters. The highest BCUT2D eigenvalue weighted by atomic mass is 32.2. The molecular formula is C24H38O3S+2. The van der Waals surface area contributed by atoms with Crippen molar-refractivity contribution in [3.63, 3.8) is 0 Å². The van der Waals surface area contributed by atoms with Gasteiger partial charge >= 0.3 is 0 Å². The van der Waals surface area contributed by atoms with E-state index in [9.17, 15) is 0 Å². The van der Waals surface area contributed by atoms with E-state index in [2.05, 4.69) is 38.2 Å². The summed E-state index contributed by atoms with van der Waals surface area (Å²) in [5, 5.41) is 1.35. The largest absolute Gasteiger partial charge is 0.423 e. The molecule has 28 heavy (non-hydrogen) atoms. The third-order valence-corrected chi connectivity index (χ3v) is 9.52. The Morgan fingerprint density at radius 2 is 1.54 bits per heavy atom. The number of fused-ring (bicyclic) bond motifs is 8. The third kappa shape index (κ3) is 3.87. The monoisotopic (exact) mass is 406 g/mol. The lowest BCUT2D eigenvalue weighted by Gasteiger charge is -2.27. The Morgan fingerprint density at radius 3 is 2.29 bits per heavy atom. The van der Waals surface area contributed by atoms with E-state index in [0.717, 1.165) is 12.8 Å². The predicted molar refractivity (Wildman–Crippen MR) is 117 cm³/mol. The first kappa shape index (κ1) is 19.7. The second-order valence-electron chi connectivity index (χ2n) is 9.55. The fourth-order valence-corrected chi connectivity index (χ4v) is 8.16. The number of hydrogen-bond donors (Lipinski definition) is 0. The Bertz CT molecular complexity index is 553. The van der Waals surface area contributed by atoms with Gasteiger partial charge in [-0.05, 0) is 74.6 Å². The van der Waals surface area contributed by atoms with Gasteiger partial charge in [-0.3, -0.25) is 0 Å². The SMILES string of the molecule is CCC1C2CCC(CC3C=CC([SH+]3)C(CC)C3CCC(CC4C=CC1[OH+]4)O3)O2. The number of ether oxygens (including phenoxy) is 3. The molecule has 8 bridgehead atoms. The highest BCUT2D eigenvalue weighted by molar-refractivity contribution is 7.80. The summed E-state index contributed by atoms with van der Waals surface area (Å²) in [7, 11) is 0. The lowest BCUT2D eigenvalue weighted by Crippen LogP contribution is -2.36. The quantitative estimate of drug-likeness (QED) is 0.396. The van der Waals surface area contributed by atoms with Crippen LogP contribution in [0.15, 0.2) is 24.3 Å². The minimum atomic E-state index is 0.348. The van der Waals surface area contributed by atoms with E-state index in [-0.39, 0.29) is 0 Å². The average molecular weight is 407 g/mol. The molecule has 0 aliphatic carbocycles. The van der Waals surface area contributed by atoms with Crippen molar-refractivity contribution in [2.24, 2.45) is 11.8 Å². The fourth-order valence-electron chi connectivity index (χ4n) is 6.34. The predicted octanol–water partition coefficient (Wildman–Crippen LogP) is 3.88. The van der Waals surface area contributed by atoms with Gasteiger partial charge in [0.15, 0.2) is 12.2 Å². The van der Waals surface area contributed by atoms with Gasteiger partial charge in [-0.15, -0.1) is 0 Å². The van der Waals surface area contributed by atoms with E-state index in [1.165, 1.54) is 38.5 Å². The Kier molecular flexibility index (Phi) is 5.93. The molecule has 156 valence electrons. The maximum atomic E-state index is 6.62. The Hall–Kier alpha value is -0.290. The first-order valence-corrected chi connectivity index (χ1v) is 12.8. The molecule has 10 atom stereocenters. The van der Waals surface area contributed by atoms with Crippen molar-refractivity contribution in [3.8, 4) is 0 Å². The first-order valence-electron chi connectivity index (χ1n) is 11.8. The van der Waals surface area contributed by atoms with Crippen LogP contribution >= 0.6 is 0 Å². The van der Waals surface area contributed by atoms with Crippen LogP contribution in [0.2, 0.25) is 0 Å². The van der Waals surface area contributed by atoms with Crippen molar-refractivity contribution < 1.29 is 14.2 Å². The van der Waals surface area contributed by atoms with Gasteiger partial charge in [-0.1, -0.05) is 13.8 Å². The van der Waals surface area contributed by atoms with Crippen LogP contribution in [0.1, 0.15) is 65.2 Å². The van der Waals surface area contributed by atoms with Crippen LogP contribution in [0.3, 0.4) is 0 Å². The van der Waals surface area contributed by atoms with Crippen molar-refractivity contribution >= 4 is 11.8 Å². The lowest BCUT2D eigenvalue weighted by molar-refractivity contribution is -0.159. The van der Waals surface area contributed by atoms with Crippen molar-refractivity contribution in [2.45, 2.75) is 112 Å². The van der Waals surface area contributed by atoms with Crippen LogP contribution in [0.4, 0.5) is 0 Å². The second-order valence-corrected chi connectivity index (χ2v) is 11.1. The van der Waals surface area contributed by atoms with Crippen molar-refractivity contribution in [3.05, 3.63) is 24.3 Å². The van der Waals surface area contributed by atoms with Gasteiger partial charge in [0.05, 0.1) is 30.3 Å². The van der Waals surface area contributed by atoms with E-state index in [1.54, 1.807) is 11.8 Å². The first-order chi connectivity index (χ1) is 13.7. The average Bonchev–Trinajstić information content (AvgIpc) is 3.47. The highest BCUT2D eigenvalue weighted by Gasteiger charge is 2.45.